The predicted molar refractivity (Wildman–Crippen MR) is 79.0 cm³/mol. The van der Waals surface area contributed by atoms with E-state index in [1.54, 1.807) is 35.6 Å². The van der Waals surface area contributed by atoms with Gasteiger partial charge in [0.1, 0.15) is 17.0 Å². The largest absolute Gasteiger partial charge is 0.478 e. The number of carboxylic acid groups (broad SMARTS) is 1. The second-order valence-corrected chi connectivity index (χ2v) is 5.56. The highest BCUT2D eigenvalue weighted by molar-refractivity contribution is 7.19. The molecular weight excluding hydrogens is 274 g/mol. The summed E-state index contributed by atoms with van der Waals surface area (Å²) < 4.78 is 0. The smallest absolute Gasteiger partial charge is 0.335 e. The second-order valence-electron chi connectivity index (χ2n) is 4.35. The molecule has 3 N–H and O–H groups in total. The monoisotopic (exact) mass is 285 g/mol. The molecule has 20 heavy (non-hydrogen) atoms. The minimum Gasteiger partial charge on any atom is -0.478 e. The van der Waals surface area contributed by atoms with Gasteiger partial charge in [-0.15, -0.1) is 11.3 Å². The number of aromatic carboxylic acids is 1. The SMILES string of the molecule is Cc1sc2ncnc(N)c2c1-c1ccc(C(=O)O)cc1. The van der Waals surface area contributed by atoms with Crippen LogP contribution in [0.1, 0.15) is 15.2 Å². The molecule has 0 amide bonds. The average molecular weight is 285 g/mol. The highest BCUT2D eigenvalue weighted by Crippen LogP contribution is 2.39. The first-order valence-corrected chi connectivity index (χ1v) is 6.73. The summed E-state index contributed by atoms with van der Waals surface area (Å²) in [6, 6.07) is 6.73. The van der Waals surface area contributed by atoms with Crippen molar-refractivity contribution < 1.29 is 9.90 Å². The van der Waals surface area contributed by atoms with Gasteiger partial charge in [-0.1, -0.05) is 12.1 Å². The molecule has 3 rings (SSSR count). The quantitative estimate of drug-likeness (QED) is 0.755. The Morgan fingerprint density at radius 3 is 2.60 bits per heavy atom. The molecule has 100 valence electrons. The number of nitrogens with two attached hydrogens (primary N) is 1. The van der Waals surface area contributed by atoms with Crippen LogP contribution in [0.25, 0.3) is 21.3 Å². The topological polar surface area (TPSA) is 89.1 Å². The number of nitrogen functional groups attached to an aromatic ring is 1. The Morgan fingerprint density at radius 2 is 1.95 bits per heavy atom. The van der Waals surface area contributed by atoms with E-state index in [9.17, 15) is 4.79 Å². The summed E-state index contributed by atoms with van der Waals surface area (Å²) in [7, 11) is 0. The Balaban J connectivity index is 2.23. The minimum atomic E-state index is -0.939. The number of nitrogens with zero attached hydrogens (tertiary/aromatic N) is 2. The van der Waals surface area contributed by atoms with Crippen molar-refractivity contribution in [2.24, 2.45) is 0 Å². The molecule has 0 saturated carbocycles. The molecule has 0 spiro atoms. The molecule has 3 aromatic rings. The summed E-state index contributed by atoms with van der Waals surface area (Å²) in [5, 5.41) is 9.77. The van der Waals surface area contributed by atoms with E-state index in [2.05, 4.69) is 9.97 Å². The van der Waals surface area contributed by atoms with Crippen LogP contribution >= 0.6 is 11.3 Å². The summed E-state index contributed by atoms with van der Waals surface area (Å²) in [4.78, 5) is 21.1. The number of benzene rings is 1. The predicted octanol–water partition coefficient (Wildman–Crippen LogP) is 2.95. The third-order valence-corrected chi connectivity index (χ3v) is 4.13. The van der Waals surface area contributed by atoms with Gasteiger partial charge in [0, 0.05) is 10.4 Å². The van der Waals surface area contributed by atoms with E-state index in [1.165, 1.54) is 6.33 Å². The Kier molecular flexibility index (Phi) is 2.87. The van der Waals surface area contributed by atoms with Crippen LogP contribution in [0.4, 0.5) is 5.82 Å². The molecule has 5 nitrogen and oxygen atoms in total. The van der Waals surface area contributed by atoms with Crippen molar-refractivity contribution in [1.29, 1.82) is 0 Å². The van der Waals surface area contributed by atoms with E-state index in [0.29, 0.717) is 5.82 Å². The number of aromatic nitrogens is 2. The van der Waals surface area contributed by atoms with Gasteiger partial charge in [0.2, 0.25) is 0 Å². The van der Waals surface area contributed by atoms with Crippen molar-refractivity contribution in [2.75, 3.05) is 5.73 Å². The summed E-state index contributed by atoms with van der Waals surface area (Å²) in [6.07, 6.45) is 1.45. The number of carbonyl (C=O) groups is 1. The molecule has 2 heterocycles. The van der Waals surface area contributed by atoms with Crippen molar-refractivity contribution in [3.05, 3.63) is 41.0 Å². The number of fused-ring (bicyclic) bond motifs is 1. The lowest BCUT2D eigenvalue weighted by atomic mass is 10.0. The fourth-order valence-electron chi connectivity index (χ4n) is 2.19. The summed E-state index contributed by atoms with van der Waals surface area (Å²) >= 11 is 1.55. The van der Waals surface area contributed by atoms with Crippen molar-refractivity contribution in [1.82, 2.24) is 9.97 Å². The van der Waals surface area contributed by atoms with Crippen LogP contribution in [-0.2, 0) is 0 Å². The van der Waals surface area contributed by atoms with Crippen LogP contribution in [-0.4, -0.2) is 21.0 Å². The molecule has 1 aromatic carbocycles. The van der Waals surface area contributed by atoms with Crippen molar-refractivity contribution >= 4 is 33.3 Å². The molecule has 0 unspecified atom stereocenters. The molecule has 2 aromatic heterocycles. The molecule has 0 radical (unpaired) electrons. The van der Waals surface area contributed by atoms with Crippen LogP contribution in [0.15, 0.2) is 30.6 Å². The standard InChI is InChI=1S/C14H11N3O2S/c1-7-10(8-2-4-9(5-3-8)14(18)19)11-12(15)16-6-17-13(11)20-7/h2-6H,1H3,(H,18,19)(H2,15,16,17). The first-order chi connectivity index (χ1) is 9.58. The van der Waals surface area contributed by atoms with Gasteiger partial charge in [-0.05, 0) is 24.6 Å². The number of aryl methyl sites for hydroxylation is 1. The number of carboxylic acids is 1. The normalized spacial score (nSPS) is 10.8. The number of hydrogen-bond donors (Lipinski definition) is 2. The lowest BCUT2D eigenvalue weighted by molar-refractivity contribution is 0.0697. The van der Waals surface area contributed by atoms with Crippen molar-refractivity contribution in [2.45, 2.75) is 6.92 Å². The zero-order chi connectivity index (χ0) is 14.3. The number of anilines is 1. The Labute approximate surface area is 118 Å². The van der Waals surface area contributed by atoms with Crippen molar-refractivity contribution in [3.8, 4) is 11.1 Å². The van der Waals surface area contributed by atoms with E-state index >= 15 is 0 Å². The summed E-state index contributed by atoms with van der Waals surface area (Å²) in [6.45, 7) is 1.99. The third-order valence-electron chi connectivity index (χ3n) is 3.11. The molecule has 0 saturated heterocycles. The minimum absolute atomic E-state index is 0.259. The van der Waals surface area contributed by atoms with Gasteiger partial charge in [0.05, 0.1) is 10.9 Å². The van der Waals surface area contributed by atoms with E-state index in [-0.39, 0.29) is 5.56 Å². The average Bonchev–Trinajstić information content (AvgIpc) is 2.76. The van der Waals surface area contributed by atoms with Crippen LogP contribution in [0.5, 0.6) is 0 Å². The van der Waals surface area contributed by atoms with Gasteiger partial charge in [-0.2, -0.15) is 0 Å². The Morgan fingerprint density at radius 1 is 1.25 bits per heavy atom. The van der Waals surface area contributed by atoms with Gasteiger partial charge in [-0.25, -0.2) is 14.8 Å². The molecule has 0 aliphatic rings. The lowest BCUT2D eigenvalue weighted by Gasteiger charge is -2.04. The molecule has 0 aliphatic heterocycles. The Bertz CT molecular complexity index is 809. The molecule has 0 fully saturated rings. The maximum atomic E-state index is 10.9. The first kappa shape index (κ1) is 12.6. The molecule has 0 bridgehead atoms. The molecular formula is C14H11N3O2S. The van der Waals surface area contributed by atoms with Crippen LogP contribution in [0, 0.1) is 6.92 Å². The maximum absolute atomic E-state index is 10.9. The number of hydrogen-bond acceptors (Lipinski definition) is 5. The molecule has 0 aliphatic carbocycles. The van der Waals surface area contributed by atoms with Gasteiger partial charge >= 0.3 is 5.97 Å². The fraction of sp³-hybridized carbons (Fsp3) is 0.0714. The maximum Gasteiger partial charge on any atom is 0.335 e. The van der Waals surface area contributed by atoms with Crippen LogP contribution in [0.3, 0.4) is 0 Å². The molecule has 6 heteroatoms. The van der Waals surface area contributed by atoms with Crippen LogP contribution in [0.2, 0.25) is 0 Å². The summed E-state index contributed by atoms with van der Waals surface area (Å²) in [5.74, 6) is -0.497. The zero-order valence-electron chi connectivity index (χ0n) is 10.6. The summed E-state index contributed by atoms with van der Waals surface area (Å²) in [5.41, 5.74) is 8.10. The number of rotatable bonds is 2. The van der Waals surface area contributed by atoms with Crippen LogP contribution < -0.4 is 5.73 Å². The van der Waals surface area contributed by atoms with Gasteiger partial charge in [-0.3, -0.25) is 0 Å². The highest BCUT2D eigenvalue weighted by Gasteiger charge is 2.15. The van der Waals surface area contributed by atoms with E-state index in [0.717, 1.165) is 26.2 Å². The fourth-order valence-corrected chi connectivity index (χ4v) is 3.21. The van der Waals surface area contributed by atoms with E-state index in [1.807, 2.05) is 6.92 Å². The Hall–Kier alpha value is -2.47. The molecule has 0 atom stereocenters. The zero-order valence-corrected chi connectivity index (χ0v) is 11.4. The van der Waals surface area contributed by atoms with Gasteiger partial charge in [0.25, 0.3) is 0 Å². The van der Waals surface area contributed by atoms with E-state index < -0.39 is 5.97 Å². The van der Waals surface area contributed by atoms with Gasteiger partial charge < -0.3 is 10.8 Å². The van der Waals surface area contributed by atoms with E-state index in [4.69, 9.17) is 10.8 Å². The van der Waals surface area contributed by atoms with Crippen molar-refractivity contribution in [3.63, 3.8) is 0 Å². The van der Waals surface area contributed by atoms with Gasteiger partial charge in [0.15, 0.2) is 0 Å². The third kappa shape index (κ3) is 1.90. The second kappa shape index (κ2) is 4.57. The highest BCUT2D eigenvalue weighted by atomic mass is 32.1. The number of thiophene rings is 1. The first-order valence-electron chi connectivity index (χ1n) is 5.91. The lowest BCUT2D eigenvalue weighted by Crippen LogP contribution is -1.95.